The molecule has 0 radical (unpaired) electrons. The van der Waals surface area contributed by atoms with Crippen molar-refractivity contribution in [1.82, 2.24) is 8.87 Å². The van der Waals surface area contributed by atoms with Gasteiger partial charge in [0.1, 0.15) is 0 Å². The van der Waals surface area contributed by atoms with Crippen molar-refractivity contribution in [1.29, 1.82) is 0 Å². The van der Waals surface area contributed by atoms with Crippen molar-refractivity contribution in [2.24, 2.45) is 0 Å². The van der Waals surface area contributed by atoms with E-state index in [9.17, 15) is 18.0 Å². The zero-order valence-electron chi connectivity index (χ0n) is 16.3. The molecule has 4 rings (SSSR count). The fourth-order valence-corrected chi connectivity index (χ4v) is 5.05. The van der Waals surface area contributed by atoms with Gasteiger partial charge in [-0.2, -0.15) is 4.31 Å². The van der Waals surface area contributed by atoms with Crippen LogP contribution >= 0.6 is 0 Å². The van der Waals surface area contributed by atoms with Gasteiger partial charge in [0.2, 0.25) is 10.0 Å². The molecular formula is C21H22N2O6S. The summed E-state index contributed by atoms with van der Waals surface area (Å²) < 4.78 is 38.5. The first-order valence-electron chi connectivity index (χ1n) is 9.82. The summed E-state index contributed by atoms with van der Waals surface area (Å²) >= 11 is 0. The molecule has 9 heteroatoms. The van der Waals surface area contributed by atoms with Gasteiger partial charge < -0.3 is 9.15 Å². The van der Waals surface area contributed by atoms with Crippen molar-refractivity contribution in [2.75, 3.05) is 19.7 Å². The SMILES string of the molecule is O=C(OCCCn1c(=O)oc2ccccc21)c1ccc(S(=O)(=O)N2CCCC2)cc1. The summed E-state index contributed by atoms with van der Waals surface area (Å²) in [5, 5.41) is 0. The van der Waals surface area contributed by atoms with Crippen molar-refractivity contribution in [2.45, 2.75) is 30.7 Å². The molecule has 1 aliphatic heterocycles. The lowest BCUT2D eigenvalue weighted by Crippen LogP contribution is -2.27. The molecule has 1 aromatic heterocycles. The van der Waals surface area contributed by atoms with Crippen LogP contribution in [0.4, 0.5) is 0 Å². The number of carbonyl (C=O) groups excluding carboxylic acids is 1. The van der Waals surface area contributed by atoms with Gasteiger partial charge in [0, 0.05) is 19.6 Å². The summed E-state index contributed by atoms with van der Waals surface area (Å²) in [6, 6.07) is 12.9. The second-order valence-corrected chi connectivity index (χ2v) is 9.05. The molecule has 8 nitrogen and oxygen atoms in total. The van der Waals surface area contributed by atoms with Crippen LogP contribution in [0.1, 0.15) is 29.6 Å². The summed E-state index contributed by atoms with van der Waals surface area (Å²) in [7, 11) is -3.51. The highest BCUT2D eigenvalue weighted by molar-refractivity contribution is 7.89. The first-order chi connectivity index (χ1) is 14.5. The van der Waals surface area contributed by atoms with Gasteiger partial charge in [-0.1, -0.05) is 12.1 Å². The topological polar surface area (TPSA) is 98.8 Å². The molecule has 1 fully saturated rings. The Morgan fingerprint density at radius 1 is 1.03 bits per heavy atom. The highest BCUT2D eigenvalue weighted by Crippen LogP contribution is 2.21. The minimum Gasteiger partial charge on any atom is -0.462 e. The average Bonchev–Trinajstić information content (AvgIpc) is 3.40. The predicted octanol–water partition coefficient (Wildman–Crippen LogP) is 2.63. The van der Waals surface area contributed by atoms with Crippen LogP contribution in [0.5, 0.6) is 0 Å². The fraction of sp³-hybridized carbons (Fsp3) is 0.333. The number of carbonyl (C=O) groups is 1. The van der Waals surface area contributed by atoms with Gasteiger partial charge in [-0.05, 0) is 55.7 Å². The molecule has 0 spiro atoms. The highest BCUT2D eigenvalue weighted by atomic mass is 32.2. The van der Waals surface area contributed by atoms with Crippen LogP contribution in [0.2, 0.25) is 0 Å². The Hall–Kier alpha value is -2.91. The van der Waals surface area contributed by atoms with Crippen LogP contribution in [0, 0.1) is 0 Å². The van der Waals surface area contributed by atoms with E-state index in [1.165, 1.54) is 33.1 Å². The lowest BCUT2D eigenvalue weighted by molar-refractivity contribution is 0.0495. The Kier molecular flexibility index (Phi) is 5.74. The maximum Gasteiger partial charge on any atom is 0.419 e. The molecule has 0 amide bonds. The standard InChI is InChI=1S/C21H22N2O6S/c24-20(16-8-10-17(11-9-16)30(26,27)22-12-3-4-13-22)28-15-5-14-23-18-6-1-2-7-19(18)29-21(23)25/h1-2,6-11H,3-5,12-15H2. The van der Waals surface area contributed by atoms with Crippen LogP contribution in [0.25, 0.3) is 11.1 Å². The Morgan fingerprint density at radius 3 is 2.47 bits per heavy atom. The Labute approximate surface area is 173 Å². The summed E-state index contributed by atoms with van der Waals surface area (Å²) in [4.78, 5) is 24.3. The zero-order chi connectivity index (χ0) is 21.1. The molecule has 158 valence electrons. The molecule has 0 aliphatic carbocycles. The molecule has 2 heterocycles. The van der Waals surface area contributed by atoms with E-state index in [-0.39, 0.29) is 17.1 Å². The van der Waals surface area contributed by atoms with Crippen LogP contribution in [0.15, 0.2) is 62.6 Å². The molecule has 0 bridgehead atoms. The molecule has 2 aromatic carbocycles. The Balaban J connectivity index is 1.33. The van der Waals surface area contributed by atoms with E-state index in [1.54, 1.807) is 18.2 Å². The lowest BCUT2D eigenvalue weighted by Gasteiger charge is -2.15. The summed E-state index contributed by atoms with van der Waals surface area (Å²) in [6.45, 7) is 1.54. The largest absolute Gasteiger partial charge is 0.462 e. The number of ether oxygens (including phenoxy) is 1. The monoisotopic (exact) mass is 430 g/mol. The number of nitrogens with zero attached hydrogens (tertiary/aromatic N) is 2. The van der Waals surface area contributed by atoms with Crippen LogP contribution in [-0.2, 0) is 21.3 Å². The van der Waals surface area contributed by atoms with Crippen molar-refractivity contribution in [3.8, 4) is 0 Å². The van der Waals surface area contributed by atoms with Gasteiger partial charge >= 0.3 is 11.7 Å². The maximum atomic E-state index is 12.5. The van der Waals surface area contributed by atoms with Crippen molar-refractivity contribution >= 4 is 27.1 Å². The van der Waals surface area contributed by atoms with E-state index < -0.39 is 21.7 Å². The minimum absolute atomic E-state index is 0.124. The van der Waals surface area contributed by atoms with Gasteiger partial charge in [-0.15, -0.1) is 0 Å². The molecule has 1 saturated heterocycles. The minimum atomic E-state index is -3.51. The number of hydrogen-bond donors (Lipinski definition) is 0. The highest BCUT2D eigenvalue weighted by Gasteiger charge is 2.27. The quantitative estimate of drug-likeness (QED) is 0.422. The Morgan fingerprint density at radius 2 is 1.73 bits per heavy atom. The van der Waals surface area contributed by atoms with Crippen molar-refractivity contribution in [3.05, 3.63) is 64.6 Å². The number of aryl methyl sites for hydroxylation is 1. The van der Waals surface area contributed by atoms with Crippen LogP contribution in [-0.4, -0.2) is 43.0 Å². The molecular weight excluding hydrogens is 408 g/mol. The summed E-state index contributed by atoms with van der Waals surface area (Å²) in [5.41, 5.74) is 1.49. The number of rotatable bonds is 7. The van der Waals surface area contributed by atoms with E-state index >= 15 is 0 Å². The van der Waals surface area contributed by atoms with Gasteiger partial charge in [0.25, 0.3) is 0 Å². The van der Waals surface area contributed by atoms with E-state index in [2.05, 4.69) is 0 Å². The third-order valence-corrected chi connectivity index (χ3v) is 7.04. The van der Waals surface area contributed by atoms with E-state index in [0.717, 1.165) is 12.8 Å². The number of hydrogen-bond acceptors (Lipinski definition) is 6. The molecule has 0 N–H and O–H groups in total. The lowest BCUT2D eigenvalue weighted by atomic mass is 10.2. The molecule has 0 atom stereocenters. The van der Waals surface area contributed by atoms with Gasteiger partial charge in [-0.25, -0.2) is 18.0 Å². The van der Waals surface area contributed by atoms with E-state index in [0.29, 0.717) is 37.2 Å². The number of benzene rings is 2. The zero-order valence-corrected chi connectivity index (χ0v) is 17.1. The molecule has 1 aliphatic rings. The molecule has 30 heavy (non-hydrogen) atoms. The first-order valence-corrected chi connectivity index (χ1v) is 11.3. The Bertz CT molecular complexity index is 1200. The molecule has 0 unspecified atom stereocenters. The number of oxazole rings is 1. The van der Waals surface area contributed by atoms with E-state index in [1.807, 2.05) is 6.07 Å². The van der Waals surface area contributed by atoms with Crippen LogP contribution in [0.3, 0.4) is 0 Å². The van der Waals surface area contributed by atoms with Gasteiger partial charge in [0.05, 0.1) is 22.6 Å². The van der Waals surface area contributed by atoms with Gasteiger partial charge in [0.15, 0.2) is 5.58 Å². The van der Waals surface area contributed by atoms with Crippen LogP contribution < -0.4 is 5.76 Å². The smallest absolute Gasteiger partial charge is 0.419 e. The second kappa shape index (κ2) is 8.45. The van der Waals surface area contributed by atoms with Crippen molar-refractivity contribution in [3.63, 3.8) is 0 Å². The summed E-state index contributed by atoms with van der Waals surface area (Å²) in [5.74, 6) is -0.984. The average molecular weight is 430 g/mol. The molecule has 0 saturated carbocycles. The first kappa shape index (κ1) is 20.4. The second-order valence-electron chi connectivity index (χ2n) is 7.11. The number of esters is 1. The number of para-hydroxylation sites is 2. The predicted molar refractivity (Wildman–Crippen MR) is 110 cm³/mol. The van der Waals surface area contributed by atoms with Gasteiger partial charge in [-0.3, -0.25) is 4.57 Å². The number of sulfonamides is 1. The number of aromatic nitrogens is 1. The molecule has 3 aromatic rings. The fourth-order valence-electron chi connectivity index (χ4n) is 3.54. The van der Waals surface area contributed by atoms with Crippen molar-refractivity contribution < 1.29 is 22.4 Å². The third-order valence-electron chi connectivity index (χ3n) is 5.13. The third kappa shape index (κ3) is 4.03. The number of fused-ring (bicyclic) bond motifs is 1. The normalized spacial score (nSPS) is 14.9. The maximum absolute atomic E-state index is 12.5. The van der Waals surface area contributed by atoms with E-state index in [4.69, 9.17) is 9.15 Å². The summed E-state index contributed by atoms with van der Waals surface area (Å²) in [6.07, 6.45) is 2.17.